The standard InChI is InChI=1S/C16H13F2NO2/c17-11-6-2-7-12(18)14(11)16(21)19-9-3-5-10-4-1-8-13(20)15(10)19/h1-2,4,6-8,20H,3,5,9H2. The molecule has 2 aromatic carbocycles. The zero-order valence-corrected chi connectivity index (χ0v) is 11.1. The van der Waals surface area contributed by atoms with Gasteiger partial charge in [-0.05, 0) is 36.6 Å². The third kappa shape index (κ3) is 2.24. The lowest BCUT2D eigenvalue weighted by atomic mass is 10.00. The van der Waals surface area contributed by atoms with Gasteiger partial charge in [-0.3, -0.25) is 4.79 Å². The van der Waals surface area contributed by atoms with Crippen LogP contribution in [0.1, 0.15) is 22.3 Å². The Balaban J connectivity index is 2.09. The van der Waals surface area contributed by atoms with Crippen LogP contribution in [0.4, 0.5) is 14.5 Å². The summed E-state index contributed by atoms with van der Waals surface area (Å²) in [7, 11) is 0. The molecular formula is C16H13F2NO2. The predicted molar refractivity (Wildman–Crippen MR) is 74.5 cm³/mol. The van der Waals surface area contributed by atoms with Gasteiger partial charge in [0.25, 0.3) is 5.91 Å². The Kier molecular flexibility index (Phi) is 3.33. The molecule has 0 aromatic heterocycles. The molecule has 0 fully saturated rings. The van der Waals surface area contributed by atoms with Gasteiger partial charge in [-0.2, -0.15) is 0 Å². The summed E-state index contributed by atoms with van der Waals surface area (Å²) in [5, 5.41) is 9.98. The average Bonchev–Trinajstić information content (AvgIpc) is 2.46. The van der Waals surface area contributed by atoms with Crippen molar-refractivity contribution in [1.82, 2.24) is 0 Å². The number of carbonyl (C=O) groups excluding carboxylic acids is 1. The summed E-state index contributed by atoms with van der Waals surface area (Å²) in [5.41, 5.74) is 0.552. The van der Waals surface area contributed by atoms with Crippen LogP contribution in [0.3, 0.4) is 0 Å². The highest BCUT2D eigenvalue weighted by Crippen LogP contribution is 2.36. The van der Waals surface area contributed by atoms with E-state index in [9.17, 15) is 18.7 Å². The molecule has 1 N–H and O–H groups in total. The van der Waals surface area contributed by atoms with E-state index >= 15 is 0 Å². The highest BCUT2D eigenvalue weighted by atomic mass is 19.1. The molecule has 0 atom stereocenters. The summed E-state index contributed by atoms with van der Waals surface area (Å²) in [5.74, 6) is -2.63. The first-order chi connectivity index (χ1) is 10.1. The van der Waals surface area contributed by atoms with Crippen molar-refractivity contribution >= 4 is 11.6 Å². The van der Waals surface area contributed by atoms with Crippen molar-refractivity contribution in [3.8, 4) is 5.75 Å². The number of nitrogens with zero attached hydrogens (tertiary/aromatic N) is 1. The molecule has 3 nitrogen and oxygen atoms in total. The number of hydrogen-bond donors (Lipinski definition) is 1. The Labute approximate surface area is 120 Å². The van der Waals surface area contributed by atoms with E-state index in [1.54, 1.807) is 12.1 Å². The minimum atomic E-state index is -0.900. The van der Waals surface area contributed by atoms with Crippen molar-refractivity contribution < 1.29 is 18.7 Å². The van der Waals surface area contributed by atoms with Gasteiger partial charge >= 0.3 is 0 Å². The van der Waals surface area contributed by atoms with Crippen molar-refractivity contribution in [2.24, 2.45) is 0 Å². The fourth-order valence-electron chi connectivity index (χ4n) is 2.67. The molecule has 0 unspecified atom stereocenters. The molecule has 1 amide bonds. The maximum absolute atomic E-state index is 13.8. The zero-order chi connectivity index (χ0) is 15.0. The number of hydrogen-bond acceptors (Lipinski definition) is 2. The van der Waals surface area contributed by atoms with E-state index in [-0.39, 0.29) is 5.75 Å². The Morgan fingerprint density at radius 2 is 1.76 bits per heavy atom. The maximum Gasteiger partial charge on any atom is 0.264 e. The molecule has 0 radical (unpaired) electrons. The topological polar surface area (TPSA) is 40.5 Å². The third-order valence-corrected chi connectivity index (χ3v) is 3.62. The van der Waals surface area contributed by atoms with Crippen LogP contribution < -0.4 is 4.90 Å². The van der Waals surface area contributed by atoms with Crippen molar-refractivity contribution in [3.63, 3.8) is 0 Å². The van der Waals surface area contributed by atoms with Gasteiger partial charge in [-0.15, -0.1) is 0 Å². The van der Waals surface area contributed by atoms with Crippen LogP contribution in [0, 0.1) is 11.6 Å². The number of aromatic hydroxyl groups is 1. The fourth-order valence-corrected chi connectivity index (χ4v) is 2.67. The molecule has 0 aliphatic carbocycles. The Morgan fingerprint density at radius 3 is 2.48 bits per heavy atom. The lowest BCUT2D eigenvalue weighted by molar-refractivity contribution is 0.0976. The van der Waals surface area contributed by atoms with Crippen LogP contribution in [0.25, 0.3) is 0 Å². The summed E-state index contributed by atoms with van der Waals surface area (Å²) in [6.45, 7) is 0.317. The minimum absolute atomic E-state index is 0.0581. The predicted octanol–water partition coefficient (Wildman–Crippen LogP) is 3.26. The van der Waals surface area contributed by atoms with Gasteiger partial charge in [-0.1, -0.05) is 18.2 Å². The van der Waals surface area contributed by atoms with E-state index in [2.05, 4.69) is 0 Å². The molecule has 1 aliphatic heterocycles. The number of aryl methyl sites for hydroxylation is 1. The number of amides is 1. The van der Waals surface area contributed by atoms with Crippen molar-refractivity contribution in [2.75, 3.05) is 11.4 Å². The molecule has 21 heavy (non-hydrogen) atoms. The normalized spacial score (nSPS) is 13.9. The van der Waals surface area contributed by atoms with Crippen molar-refractivity contribution in [1.29, 1.82) is 0 Å². The zero-order valence-electron chi connectivity index (χ0n) is 11.1. The van der Waals surface area contributed by atoms with Crippen LogP contribution >= 0.6 is 0 Å². The highest BCUT2D eigenvalue weighted by Gasteiger charge is 2.29. The first-order valence-electron chi connectivity index (χ1n) is 6.66. The van der Waals surface area contributed by atoms with E-state index in [0.29, 0.717) is 25.1 Å². The Bertz CT molecular complexity index is 695. The van der Waals surface area contributed by atoms with Gasteiger partial charge in [0.2, 0.25) is 0 Å². The number of fused-ring (bicyclic) bond motifs is 1. The average molecular weight is 289 g/mol. The van der Waals surface area contributed by atoms with E-state index in [1.165, 1.54) is 17.0 Å². The molecule has 3 rings (SSSR count). The lowest BCUT2D eigenvalue weighted by Gasteiger charge is -2.30. The molecule has 5 heteroatoms. The maximum atomic E-state index is 13.8. The number of rotatable bonds is 1. The summed E-state index contributed by atoms with van der Waals surface area (Å²) < 4.78 is 27.6. The van der Waals surface area contributed by atoms with Gasteiger partial charge in [-0.25, -0.2) is 8.78 Å². The van der Waals surface area contributed by atoms with E-state index < -0.39 is 23.1 Å². The summed E-state index contributed by atoms with van der Waals surface area (Å²) in [6, 6.07) is 8.25. The minimum Gasteiger partial charge on any atom is -0.506 e. The number of halogens is 2. The second-order valence-electron chi connectivity index (χ2n) is 4.94. The molecular weight excluding hydrogens is 276 g/mol. The van der Waals surface area contributed by atoms with Crippen LogP contribution in [-0.4, -0.2) is 17.6 Å². The van der Waals surface area contributed by atoms with Gasteiger partial charge in [0.05, 0.1) is 5.69 Å². The SMILES string of the molecule is O=C(c1c(F)cccc1F)N1CCCc2cccc(O)c21. The number of anilines is 1. The first-order valence-corrected chi connectivity index (χ1v) is 6.66. The largest absolute Gasteiger partial charge is 0.506 e. The quantitative estimate of drug-likeness (QED) is 0.875. The van der Waals surface area contributed by atoms with Crippen LogP contribution in [0.15, 0.2) is 36.4 Å². The molecule has 0 bridgehead atoms. The summed E-state index contributed by atoms with van der Waals surface area (Å²) in [6.07, 6.45) is 1.39. The molecule has 2 aromatic rings. The number of phenolic OH excluding ortho intramolecular Hbond substituents is 1. The van der Waals surface area contributed by atoms with Crippen molar-refractivity contribution in [3.05, 3.63) is 59.2 Å². The molecule has 108 valence electrons. The second kappa shape index (κ2) is 5.16. The van der Waals surface area contributed by atoms with Gasteiger partial charge < -0.3 is 10.0 Å². The van der Waals surface area contributed by atoms with Crippen molar-refractivity contribution in [2.45, 2.75) is 12.8 Å². The summed E-state index contributed by atoms with van der Waals surface area (Å²) in [4.78, 5) is 13.7. The monoisotopic (exact) mass is 289 g/mol. The number of carbonyl (C=O) groups is 1. The highest BCUT2D eigenvalue weighted by molar-refractivity contribution is 6.07. The van der Waals surface area contributed by atoms with Crippen LogP contribution in [0.5, 0.6) is 5.75 Å². The fraction of sp³-hybridized carbons (Fsp3) is 0.188. The van der Waals surface area contributed by atoms with Gasteiger partial charge in [0.1, 0.15) is 22.9 Å². The van der Waals surface area contributed by atoms with Gasteiger partial charge in [0, 0.05) is 6.54 Å². The molecule has 1 aliphatic rings. The number of benzene rings is 2. The van der Waals surface area contributed by atoms with E-state index in [0.717, 1.165) is 17.7 Å². The van der Waals surface area contributed by atoms with E-state index in [1.807, 2.05) is 0 Å². The Hall–Kier alpha value is -2.43. The molecule has 1 heterocycles. The molecule has 0 saturated heterocycles. The third-order valence-electron chi connectivity index (χ3n) is 3.62. The number of para-hydroxylation sites is 1. The first kappa shape index (κ1) is 13.5. The Morgan fingerprint density at radius 1 is 1.10 bits per heavy atom. The van der Waals surface area contributed by atoms with Gasteiger partial charge in [0.15, 0.2) is 0 Å². The lowest BCUT2D eigenvalue weighted by Crippen LogP contribution is -2.36. The smallest absolute Gasteiger partial charge is 0.264 e. The molecule has 0 saturated carbocycles. The molecule has 0 spiro atoms. The second-order valence-corrected chi connectivity index (χ2v) is 4.94. The summed E-state index contributed by atoms with van der Waals surface area (Å²) >= 11 is 0. The van der Waals surface area contributed by atoms with Crippen LogP contribution in [-0.2, 0) is 6.42 Å². The number of phenols is 1. The van der Waals surface area contributed by atoms with E-state index in [4.69, 9.17) is 0 Å². The van der Waals surface area contributed by atoms with Crippen LogP contribution in [0.2, 0.25) is 0 Å².